The number of rotatable bonds is 5. The second-order valence-corrected chi connectivity index (χ2v) is 10.4. The van der Waals surface area contributed by atoms with Gasteiger partial charge in [-0.2, -0.15) is 0 Å². The highest BCUT2D eigenvalue weighted by Crippen LogP contribution is 2.40. The number of hydrogen-bond donors (Lipinski definition) is 0. The Hall–Kier alpha value is -1.67. The minimum atomic E-state index is -0.191. The van der Waals surface area contributed by atoms with Gasteiger partial charge in [-0.05, 0) is 86.4 Å². The van der Waals surface area contributed by atoms with E-state index in [-0.39, 0.29) is 5.60 Å². The maximum atomic E-state index is 6.34. The highest BCUT2D eigenvalue weighted by atomic mass is 35.5. The van der Waals surface area contributed by atoms with E-state index in [2.05, 4.69) is 60.6 Å². The van der Waals surface area contributed by atoms with Crippen LogP contribution in [0.2, 0.25) is 5.02 Å². The highest BCUT2D eigenvalue weighted by molar-refractivity contribution is 6.30. The molecule has 28 heavy (non-hydrogen) atoms. The van der Waals surface area contributed by atoms with Gasteiger partial charge in [-0.15, -0.1) is 0 Å². The molecule has 0 unspecified atom stereocenters. The van der Waals surface area contributed by atoms with Crippen molar-refractivity contribution in [3.05, 3.63) is 57.1 Å². The van der Waals surface area contributed by atoms with Gasteiger partial charge in [0.1, 0.15) is 23.7 Å². The molecule has 1 aliphatic rings. The molecule has 0 saturated carbocycles. The molecule has 0 aliphatic carbocycles. The Morgan fingerprint density at radius 2 is 1.79 bits per heavy atom. The predicted molar refractivity (Wildman–Crippen MR) is 118 cm³/mol. The van der Waals surface area contributed by atoms with E-state index in [1.807, 2.05) is 12.1 Å². The molecule has 3 heteroatoms. The molecule has 0 spiro atoms. The van der Waals surface area contributed by atoms with Gasteiger partial charge in [-0.25, -0.2) is 0 Å². The van der Waals surface area contributed by atoms with Gasteiger partial charge in [-0.1, -0.05) is 38.4 Å². The topological polar surface area (TPSA) is 18.5 Å². The van der Waals surface area contributed by atoms with Crippen LogP contribution in [0.1, 0.15) is 68.9 Å². The third kappa shape index (κ3) is 4.84. The molecule has 0 amide bonds. The van der Waals surface area contributed by atoms with Crippen LogP contribution >= 0.6 is 11.6 Å². The third-order valence-corrected chi connectivity index (χ3v) is 5.80. The molecular weight excluding hydrogens is 368 g/mol. The first kappa shape index (κ1) is 21.0. The molecule has 1 aliphatic heterocycles. The Morgan fingerprint density at radius 1 is 1.07 bits per heavy atom. The molecule has 0 bridgehead atoms. The van der Waals surface area contributed by atoms with Crippen LogP contribution < -0.4 is 9.47 Å². The summed E-state index contributed by atoms with van der Waals surface area (Å²) in [6.07, 6.45) is 3.15. The Kier molecular flexibility index (Phi) is 5.74. The summed E-state index contributed by atoms with van der Waals surface area (Å²) in [7, 11) is 0. The summed E-state index contributed by atoms with van der Waals surface area (Å²) >= 11 is 6.34. The van der Waals surface area contributed by atoms with Crippen LogP contribution in [0.3, 0.4) is 0 Å². The Labute approximate surface area is 175 Å². The first-order valence-corrected chi connectivity index (χ1v) is 10.6. The second kappa shape index (κ2) is 7.63. The van der Waals surface area contributed by atoms with E-state index in [1.54, 1.807) is 0 Å². The first-order chi connectivity index (χ1) is 13.0. The standard InChI is InChI=1S/C25H33ClO2/c1-16-17(2)22(9-8-18(16)10-11-24(3,4)5)27-15-20-13-21(26)12-19-14-25(6,7)28-23(19)20/h8-9,12-13H,10-11,14-15H2,1-7H3. The van der Waals surface area contributed by atoms with Crippen molar-refractivity contribution in [1.82, 2.24) is 0 Å². The van der Waals surface area contributed by atoms with Gasteiger partial charge >= 0.3 is 0 Å². The van der Waals surface area contributed by atoms with E-state index in [9.17, 15) is 0 Å². The zero-order valence-electron chi connectivity index (χ0n) is 18.3. The molecule has 152 valence electrons. The summed E-state index contributed by atoms with van der Waals surface area (Å²) in [6.45, 7) is 15.9. The summed E-state index contributed by atoms with van der Waals surface area (Å²) in [5, 5.41) is 0.740. The summed E-state index contributed by atoms with van der Waals surface area (Å²) < 4.78 is 12.4. The fraction of sp³-hybridized carbons (Fsp3) is 0.520. The van der Waals surface area contributed by atoms with E-state index in [1.165, 1.54) is 28.7 Å². The smallest absolute Gasteiger partial charge is 0.130 e. The molecule has 2 aromatic rings. The average Bonchev–Trinajstić information content (AvgIpc) is 2.88. The largest absolute Gasteiger partial charge is 0.488 e. The van der Waals surface area contributed by atoms with Gasteiger partial charge in [-0.3, -0.25) is 0 Å². The van der Waals surface area contributed by atoms with Crippen molar-refractivity contribution in [2.75, 3.05) is 0 Å². The quantitative estimate of drug-likeness (QED) is 0.527. The van der Waals surface area contributed by atoms with Crippen LogP contribution in [0.5, 0.6) is 11.5 Å². The van der Waals surface area contributed by atoms with Crippen molar-refractivity contribution in [2.24, 2.45) is 5.41 Å². The van der Waals surface area contributed by atoms with Crippen LogP contribution in [0.25, 0.3) is 0 Å². The number of halogens is 1. The van der Waals surface area contributed by atoms with Gasteiger partial charge in [0.2, 0.25) is 0 Å². The van der Waals surface area contributed by atoms with E-state index < -0.39 is 0 Å². The maximum Gasteiger partial charge on any atom is 0.130 e. The van der Waals surface area contributed by atoms with Crippen molar-refractivity contribution < 1.29 is 9.47 Å². The Bertz CT molecular complexity index is 875. The van der Waals surface area contributed by atoms with Crippen molar-refractivity contribution in [3.63, 3.8) is 0 Å². The van der Waals surface area contributed by atoms with E-state index in [4.69, 9.17) is 21.1 Å². The molecule has 3 rings (SSSR count). The van der Waals surface area contributed by atoms with Crippen LogP contribution in [-0.2, 0) is 19.4 Å². The zero-order chi connectivity index (χ0) is 20.7. The normalized spacial score (nSPS) is 15.3. The van der Waals surface area contributed by atoms with Gasteiger partial charge in [0.15, 0.2) is 0 Å². The Balaban J connectivity index is 1.77. The van der Waals surface area contributed by atoms with Crippen molar-refractivity contribution in [2.45, 2.75) is 79.9 Å². The van der Waals surface area contributed by atoms with Crippen LogP contribution in [-0.4, -0.2) is 5.60 Å². The van der Waals surface area contributed by atoms with E-state index >= 15 is 0 Å². The van der Waals surface area contributed by atoms with Crippen molar-refractivity contribution in [1.29, 1.82) is 0 Å². The van der Waals surface area contributed by atoms with Crippen molar-refractivity contribution in [3.8, 4) is 11.5 Å². The monoisotopic (exact) mass is 400 g/mol. The van der Waals surface area contributed by atoms with E-state index in [0.717, 1.165) is 34.9 Å². The molecule has 0 atom stereocenters. The molecule has 1 heterocycles. The maximum absolute atomic E-state index is 6.34. The molecule has 0 fully saturated rings. The average molecular weight is 401 g/mol. The first-order valence-electron chi connectivity index (χ1n) is 10.2. The summed E-state index contributed by atoms with van der Waals surface area (Å²) in [4.78, 5) is 0. The zero-order valence-corrected chi connectivity index (χ0v) is 19.1. The molecule has 0 radical (unpaired) electrons. The fourth-order valence-corrected chi connectivity index (χ4v) is 4.06. The summed E-state index contributed by atoms with van der Waals surface area (Å²) in [5.41, 5.74) is 6.29. The number of hydrogen-bond acceptors (Lipinski definition) is 2. The minimum absolute atomic E-state index is 0.191. The number of benzene rings is 2. The molecule has 0 saturated heterocycles. The summed E-state index contributed by atoms with van der Waals surface area (Å²) in [5.74, 6) is 1.87. The lowest BCUT2D eigenvalue weighted by atomic mass is 9.87. The van der Waals surface area contributed by atoms with Crippen LogP contribution in [0.4, 0.5) is 0 Å². The van der Waals surface area contributed by atoms with Gasteiger partial charge in [0, 0.05) is 17.0 Å². The van der Waals surface area contributed by atoms with Crippen LogP contribution in [0, 0.1) is 19.3 Å². The van der Waals surface area contributed by atoms with Gasteiger partial charge in [0.25, 0.3) is 0 Å². The van der Waals surface area contributed by atoms with Crippen molar-refractivity contribution >= 4 is 11.6 Å². The fourth-order valence-electron chi connectivity index (χ4n) is 3.80. The predicted octanol–water partition coefficient (Wildman–Crippen LogP) is 7.23. The number of aryl methyl sites for hydroxylation is 1. The molecule has 0 aromatic heterocycles. The molecular formula is C25H33ClO2. The summed E-state index contributed by atoms with van der Waals surface area (Å²) in [6, 6.07) is 8.29. The highest BCUT2D eigenvalue weighted by Gasteiger charge is 2.32. The number of fused-ring (bicyclic) bond motifs is 1. The molecule has 2 aromatic carbocycles. The minimum Gasteiger partial charge on any atom is -0.488 e. The number of ether oxygens (including phenoxy) is 2. The Morgan fingerprint density at radius 3 is 2.46 bits per heavy atom. The third-order valence-electron chi connectivity index (χ3n) is 5.58. The second-order valence-electron chi connectivity index (χ2n) is 9.91. The lowest BCUT2D eigenvalue weighted by Crippen LogP contribution is -2.25. The molecule has 2 nitrogen and oxygen atoms in total. The SMILES string of the molecule is Cc1c(CCC(C)(C)C)ccc(OCc2cc(Cl)cc3c2OC(C)(C)C3)c1C. The van der Waals surface area contributed by atoms with Crippen LogP contribution in [0.15, 0.2) is 24.3 Å². The van der Waals surface area contributed by atoms with Gasteiger partial charge < -0.3 is 9.47 Å². The lowest BCUT2D eigenvalue weighted by molar-refractivity contribution is 0.135. The lowest BCUT2D eigenvalue weighted by Gasteiger charge is -2.20. The molecule has 0 N–H and O–H groups in total. The van der Waals surface area contributed by atoms with E-state index in [0.29, 0.717) is 12.0 Å². The van der Waals surface area contributed by atoms with Gasteiger partial charge in [0.05, 0.1) is 0 Å².